The molecule has 1 heterocycles. The minimum Gasteiger partial charge on any atom is -0.494 e. The van der Waals surface area contributed by atoms with Crippen molar-refractivity contribution >= 4 is 15.9 Å². The van der Waals surface area contributed by atoms with Gasteiger partial charge in [-0.2, -0.15) is 0 Å². The van der Waals surface area contributed by atoms with Gasteiger partial charge in [0.2, 0.25) is 15.9 Å². The van der Waals surface area contributed by atoms with Crippen LogP contribution in [-0.2, 0) is 14.8 Å². The SMILES string of the molecule is Cc1cccc(OCCCC(=O)N2CCCC(CNS(C)(=O)=O)C2)c1. The van der Waals surface area contributed by atoms with Crippen LogP contribution in [0.3, 0.4) is 0 Å². The highest BCUT2D eigenvalue weighted by atomic mass is 32.2. The first-order chi connectivity index (χ1) is 11.8. The molecule has 1 aromatic rings. The number of piperidine rings is 1. The fraction of sp³-hybridized carbons (Fsp3) is 0.611. The second kappa shape index (κ2) is 9.20. The number of hydrogen-bond donors (Lipinski definition) is 1. The smallest absolute Gasteiger partial charge is 0.222 e. The third kappa shape index (κ3) is 7.44. The van der Waals surface area contributed by atoms with Gasteiger partial charge < -0.3 is 9.64 Å². The average molecular weight is 368 g/mol. The zero-order valence-electron chi connectivity index (χ0n) is 15.0. The van der Waals surface area contributed by atoms with Gasteiger partial charge in [-0.1, -0.05) is 12.1 Å². The molecule has 1 saturated heterocycles. The molecule has 0 bridgehead atoms. The molecule has 7 heteroatoms. The van der Waals surface area contributed by atoms with Crippen molar-refractivity contribution in [1.82, 2.24) is 9.62 Å². The van der Waals surface area contributed by atoms with Gasteiger partial charge >= 0.3 is 0 Å². The van der Waals surface area contributed by atoms with Gasteiger partial charge in [-0.25, -0.2) is 13.1 Å². The third-order valence-electron chi connectivity index (χ3n) is 4.30. The largest absolute Gasteiger partial charge is 0.494 e. The van der Waals surface area contributed by atoms with Crippen molar-refractivity contribution in [3.05, 3.63) is 29.8 Å². The molecule has 1 atom stereocenters. The number of hydrogen-bond acceptors (Lipinski definition) is 4. The lowest BCUT2D eigenvalue weighted by atomic mass is 9.98. The zero-order valence-corrected chi connectivity index (χ0v) is 15.8. The molecule has 0 aliphatic carbocycles. The van der Waals surface area contributed by atoms with Gasteiger partial charge in [0.05, 0.1) is 12.9 Å². The molecule has 25 heavy (non-hydrogen) atoms. The van der Waals surface area contributed by atoms with Gasteiger partial charge in [-0.05, 0) is 49.8 Å². The standard InChI is InChI=1S/C18H28N2O4S/c1-15-6-3-8-17(12-15)24-11-5-9-18(21)20-10-4-7-16(14-20)13-19-25(2,22)23/h3,6,8,12,16,19H,4-5,7,9-11,13-14H2,1-2H3. The lowest BCUT2D eigenvalue weighted by Gasteiger charge is -2.32. The highest BCUT2D eigenvalue weighted by molar-refractivity contribution is 7.88. The van der Waals surface area contributed by atoms with Crippen molar-refractivity contribution in [3.8, 4) is 5.75 Å². The summed E-state index contributed by atoms with van der Waals surface area (Å²) in [6.45, 7) is 4.32. The van der Waals surface area contributed by atoms with Crippen LogP contribution in [0.2, 0.25) is 0 Å². The number of benzene rings is 1. The average Bonchev–Trinajstić information content (AvgIpc) is 2.56. The number of amides is 1. The Hall–Kier alpha value is -1.60. The topological polar surface area (TPSA) is 75.7 Å². The molecule has 6 nitrogen and oxygen atoms in total. The normalized spacial score (nSPS) is 18.2. The second-order valence-electron chi connectivity index (χ2n) is 6.74. The predicted octanol–water partition coefficient (Wildman–Crippen LogP) is 1.94. The minimum absolute atomic E-state index is 0.122. The van der Waals surface area contributed by atoms with E-state index in [0.29, 0.717) is 32.5 Å². The van der Waals surface area contributed by atoms with Crippen molar-refractivity contribution in [1.29, 1.82) is 0 Å². The molecule has 0 saturated carbocycles. The van der Waals surface area contributed by atoms with E-state index in [4.69, 9.17) is 4.74 Å². The molecule has 1 fully saturated rings. The summed E-state index contributed by atoms with van der Waals surface area (Å²) in [5.41, 5.74) is 1.15. The molecule has 0 radical (unpaired) electrons. The fourth-order valence-electron chi connectivity index (χ4n) is 3.00. The molecule has 1 N–H and O–H groups in total. The van der Waals surface area contributed by atoms with Crippen molar-refractivity contribution in [2.75, 3.05) is 32.5 Å². The summed E-state index contributed by atoms with van der Waals surface area (Å²) in [5, 5.41) is 0. The molecule has 1 aliphatic heterocycles. The minimum atomic E-state index is -3.18. The highest BCUT2D eigenvalue weighted by Gasteiger charge is 2.23. The molecule has 1 aromatic carbocycles. The van der Waals surface area contributed by atoms with Crippen LogP contribution in [0.15, 0.2) is 24.3 Å². The Labute approximate surface area is 150 Å². The maximum absolute atomic E-state index is 12.3. The summed E-state index contributed by atoms with van der Waals surface area (Å²) in [6.07, 6.45) is 4.16. The Bertz CT molecular complexity index is 675. The highest BCUT2D eigenvalue weighted by Crippen LogP contribution is 2.17. The molecule has 1 amide bonds. The first kappa shape index (κ1) is 19.7. The summed E-state index contributed by atoms with van der Waals surface area (Å²) >= 11 is 0. The van der Waals surface area contributed by atoms with E-state index in [1.807, 2.05) is 36.1 Å². The molecular weight excluding hydrogens is 340 g/mol. The lowest BCUT2D eigenvalue weighted by molar-refractivity contribution is -0.133. The van der Waals surface area contributed by atoms with Crippen molar-refractivity contribution < 1.29 is 17.9 Å². The summed E-state index contributed by atoms with van der Waals surface area (Å²) in [7, 11) is -3.18. The van der Waals surface area contributed by atoms with Crippen LogP contribution < -0.4 is 9.46 Å². The van der Waals surface area contributed by atoms with Crippen molar-refractivity contribution in [3.63, 3.8) is 0 Å². The van der Waals surface area contributed by atoms with Crippen molar-refractivity contribution in [2.24, 2.45) is 5.92 Å². The molecular formula is C18H28N2O4S. The second-order valence-corrected chi connectivity index (χ2v) is 8.57. The van der Waals surface area contributed by atoms with Gasteiger partial charge in [0.1, 0.15) is 5.75 Å². The van der Waals surface area contributed by atoms with Crippen LogP contribution in [0.4, 0.5) is 0 Å². The quantitative estimate of drug-likeness (QED) is 0.712. The van der Waals surface area contributed by atoms with Gasteiger partial charge in [-0.3, -0.25) is 4.79 Å². The summed E-state index contributed by atoms with van der Waals surface area (Å²) in [4.78, 5) is 14.2. The van der Waals surface area contributed by atoms with Crippen LogP contribution in [0.5, 0.6) is 5.75 Å². The van der Waals surface area contributed by atoms with E-state index < -0.39 is 10.0 Å². The Balaban J connectivity index is 1.69. The molecule has 1 aliphatic rings. The molecule has 2 rings (SSSR count). The summed E-state index contributed by atoms with van der Waals surface area (Å²) in [6, 6.07) is 7.86. The number of ether oxygens (including phenoxy) is 1. The van der Waals surface area contributed by atoms with Gasteiger partial charge in [0, 0.05) is 26.1 Å². The number of sulfonamides is 1. The molecule has 0 spiro atoms. The zero-order chi connectivity index (χ0) is 18.3. The Morgan fingerprint density at radius 3 is 2.92 bits per heavy atom. The van der Waals surface area contributed by atoms with Gasteiger partial charge in [0.25, 0.3) is 0 Å². The first-order valence-corrected chi connectivity index (χ1v) is 10.6. The lowest BCUT2D eigenvalue weighted by Crippen LogP contribution is -2.43. The number of nitrogens with one attached hydrogen (secondary N) is 1. The number of aryl methyl sites for hydroxylation is 1. The first-order valence-electron chi connectivity index (χ1n) is 8.75. The maximum atomic E-state index is 12.3. The summed E-state index contributed by atoms with van der Waals surface area (Å²) in [5.74, 6) is 1.14. The van der Waals surface area contributed by atoms with Crippen LogP contribution in [0, 0.1) is 12.8 Å². The number of likely N-dealkylation sites (tertiary alicyclic amines) is 1. The van der Waals surface area contributed by atoms with Crippen LogP contribution in [-0.4, -0.2) is 51.7 Å². The van der Waals surface area contributed by atoms with Crippen LogP contribution in [0.1, 0.15) is 31.2 Å². The molecule has 140 valence electrons. The number of nitrogens with zero attached hydrogens (tertiary/aromatic N) is 1. The van der Waals surface area contributed by atoms with Crippen LogP contribution >= 0.6 is 0 Å². The number of carbonyl (C=O) groups excluding carboxylic acids is 1. The van der Waals surface area contributed by atoms with E-state index >= 15 is 0 Å². The number of carbonyl (C=O) groups is 1. The van der Waals surface area contributed by atoms with Gasteiger partial charge in [0.15, 0.2) is 0 Å². The van der Waals surface area contributed by atoms with E-state index in [1.54, 1.807) is 0 Å². The Morgan fingerprint density at radius 2 is 2.20 bits per heavy atom. The van der Waals surface area contributed by atoms with E-state index in [1.165, 1.54) is 0 Å². The van der Waals surface area contributed by atoms with Crippen molar-refractivity contribution in [2.45, 2.75) is 32.6 Å². The predicted molar refractivity (Wildman–Crippen MR) is 98.1 cm³/mol. The molecule has 1 unspecified atom stereocenters. The summed E-state index contributed by atoms with van der Waals surface area (Å²) < 4.78 is 30.6. The Kier molecular flexibility index (Phi) is 7.25. The number of rotatable bonds is 8. The van der Waals surface area contributed by atoms with E-state index in [9.17, 15) is 13.2 Å². The van der Waals surface area contributed by atoms with E-state index in [0.717, 1.165) is 37.0 Å². The fourth-order valence-corrected chi connectivity index (χ4v) is 3.54. The molecule has 0 aromatic heterocycles. The van der Waals surface area contributed by atoms with Gasteiger partial charge in [-0.15, -0.1) is 0 Å². The van der Waals surface area contributed by atoms with Crippen LogP contribution in [0.25, 0.3) is 0 Å². The monoisotopic (exact) mass is 368 g/mol. The van der Waals surface area contributed by atoms with E-state index in [-0.39, 0.29) is 11.8 Å². The Morgan fingerprint density at radius 1 is 1.40 bits per heavy atom. The third-order valence-corrected chi connectivity index (χ3v) is 4.99. The maximum Gasteiger partial charge on any atom is 0.222 e. The van der Waals surface area contributed by atoms with E-state index in [2.05, 4.69) is 4.72 Å².